The van der Waals surface area contributed by atoms with E-state index in [4.69, 9.17) is 0 Å². The Labute approximate surface area is 184 Å². The van der Waals surface area contributed by atoms with E-state index in [1.807, 2.05) is 24.3 Å². The zero-order valence-corrected chi connectivity index (χ0v) is 17.6. The molecule has 0 unspecified atom stereocenters. The van der Waals surface area contributed by atoms with Crippen LogP contribution in [-0.4, -0.2) is 34.9 Å². The first kappa shape index (κ1) is 20.1. The van der Waals surface area contributed by atoms with Crippen LogP contribution in [0.4, 0.5) is 22.9 Å². The number of rotatable bonds is 7. The van der Waals surface area contributed by atoms with Crippen LogP contribution >= 0.6 is 0 Å². The topological polar surface area (TPSA) is 110 Å². The number of phenolic OH excluding ortho intramolecular Hbond substituents is 1. The van der Waals surface area contributed by atoms with Gasteiger partial charge in [-0.1, -0.05) is 12.1 Å². The van der Waals surface area contributed by atoms with E-state index in [0.29, 0.717) is 18.7 Å². The van der Waals surface area contributed by atoms with Crippen molar-refractivity contribution in [3.63, 3.8) is 0 Å². The molecule has 0 amide bonds. The zero-order chi connectivity index (χ0) is 22.1. The lowest BCUT2D eigenvalue weighted by atomic mass is 10.1. The predicted octanol–water partition coefficient (Wildman–Crippen LogP) is 3.25. The number of anilines is 4. The van der Waals surface area contributed by atoms with Crippen molar-refractivity contribution in [1.82, 2.24) is 10.2 Å². The molecule has 0 atom stereocenters. The van der Waals surface area contributed by atoms with Crippen molar-refractivity contribution in [1.29, 1.82) is 0 Å². The van der Waals surface area contributed by atoms with E-state index in [2.05, 4.69) is 25.7 Å². The largest absolute Gasteiger partial charge is 0.508 e. The van der Waals surface area contributed by atoms with Gasteiger partial charge < -0.3 is 20.6 Å². The Balaban J connectivity index is 1.32. The van der Waals surface area contributed by atoms with Crippen LogP contribution in [0.2, 0.25) is 0 Å². The van der Waals surface area contributed by atoms with Gasteiger partial charge in [-0.3, -0.25) is 14.7 Å². The summed E-state index contributed by atoms with van der Waals surface area (Å²) < 4.78 is 0. The Morgan fingerprint density at radius 2 is 1.81 bits per heavy atom. The summed E-state index contributed by atoms with van der Waals surface area (Å²) in [7, 11) is 0. The van der Waals surface area contributed by atoms with Crippen LogP contribution in [0.3, 0.4) is 0 Å². The minimum atomic E-state index is -0.520. The van der Waals surface area contributed by atoms with E-state index in [-0.39, 0.29) is 11.4 Å². The summed E-state index contributed by atoms with van der Waals surface area (Å²) in [6.45, 7) is 2.45. The molecule has 8 heteroatoms. The summed E-state index contributed by atoms with van der Waals surface area (Å²) in [5.74, 6) is 1.13. The van der Waals surface area contributed by atoms with Crippen LogP contribution < -0.4 is 26.4 Å². The standard InChI is InChI=1S/C24H25N5O3/c30-17-6-4-5-15(13-17)9-10-25-20-21(23(32)22(20)31)26-16-7-8-19-18(14-16)24(28-27-19)29-11-2-1-3-12-29/h4-8,13-14,25-26,30H,1-3,9-12H2,(H,27,28). The highest BCUT2D eigenvalue weighted by Gasteiger charge is 2.22. The molecule has 1 aliphatic heterocycles. The molecular formula is C24H25N5O3. The molecule has 1 saturated heterocycles. The van der Waals surface area contributed by atoms with E-state index in [1.54, 1.807) is 18.2 Å². The van der Waals surface area contributed by atoms with Crippen LogP contribution in [0, 0.1) is 0 Å². The quantitative estimate of drug-likeness (QED) is 0.333. The number of hydrogen-bond donors (Lipinski definition) is 4. The highest BCUT2D eigenvalue weighted by atomic mass is 16.3. The number of aromatic hydroxyl groups is 1. The lowest BCUT2D eigenvalue weighted by molar-refractivity contribution is 0.474. The van der Waals surface area contributed by atoms with Crippen LogP contribution in [0.1, 0.15) is 24.8 Å². The second kappa shape index (κ2) is 8.37. The highest BCUT2D eigenvalue weighted by molar-refractivity contribution is 5.93. The molecule has 4 aromatic rings. The maximum atomic E-state index is 12.2. The second-order valence-corrected chi connectivity index (χ2v) is 8.24. The van der Waals surface area contributed by atoms with Crippen molar-refractivity contribution >= 4 is 33.8 Å². The van der Waals surface area contributed by atoms with E-state index < -0.39 is 10.9 Å². The third-order valence-corrected chi connectivity index (χ3v) is 6.00. The van der Waals surface area contributed by atoms with Crippen LogP contribution in [0.25, 0.3) is 10.9 Å². The van der Waals surface area contributed by atoms with Gasteiger partial charge in [0.25, 0.3) is 10.9 Å². The van der Waals surface area contributed by atoms with Gasteiger partial charge in [-0.2, -0.15) is 5.10 Å². The number of aromatic nitrogens is 2. The average Bonchev–Trinajstić information content (AvgIpc) is 3.24. The number of nitrogens with one attached hydrogen (secondary N) is 3. The Hall–Kier alpha value is -3.81. The summed E-state index contributed by atoms with van der Waals surface area (Å²) in [6, 6.07) is 12.7. The lowest BCUT2D eigenvalue weighted by Gasteiger charge is -2.26. The minimum Gasteiger partial charge on any atom is -0.508 e. The van der Waals surface area contributed by atoms with Crippen molar-refractivity contribution in [2.75, 3.05) is 35.2 Å². The van der Waals surface area contributed by atoms with E-state index in [1.165, 1.54) is 6.42 Å². The molecular weight excluding hydrogens is 406 g/mol. The smallest absolute Gasteiger partial charge is 0.253 e. The summed E-state index contributed by atoms with van der Waals surface area (Å²) in [5.41, 5.74) is 2.18. The molecule has 4 N–H and O–H groups in total. The van der Waals surface area contributed by atoms with Crippen molar-refractivity contribution < 1.29 is 5.11 Å². The number of fused-ring (bicyclic) bond motifs is 1. The Morgan fingerprint density at radius 1 is 1.00 bits per heavy atom. The Kier molecular flexibility index (Phi) is 5.26. The zero-order valence-electron chi connectivity index (χ0n) is 17.6. The lowest BCUT2D eigenvalue weighted by Crippen LogP contribution is -2.37. The molecule has 1 aromatic heterocycles. The van der Waals surface area contributed by atoms with E-state index >= 15 is 0 Å². The first-order valence-corrected chi connectivity index (χ1v) is 11.0. The van der Waals surface area contributed by atoms with Crippen molar-refractivity contribution in [3.05, 3.63) is 68.5 Å². The maximum absolute atomic E-state index is 12.2. The van der Waals surface area contributed by atoms with Crippen molar-refractivity contribution in [2.24, 2.45) is 0 Å². The molecule has 0 saturated carbocycles. The number of benzene rings is 2. The fourth-order valence-electron chi connectivity index (χ4n) is 4.29. The third kappa shape index (κ3) is 3.79. The number of hydrogen-bond acceptors (Lipinski definition) is 7. The van der Waals surface area contributed by atoms with Gasteiger partial charge in [0.05, 0.1) is 5.52 Å². The Bertz CT molecular complexity index is 1330. The fraction of sp³-hybridized carbons (Fsp3) is 0.292. The number of nitrogens with zero attached hydrogens (tertiary/aromatic N) is 2. The molecule has 3 aromatic carbocycles. The molecule has 1 aliphatic rings. The monoisotopic (exact) mass is 431 g/mol. The first-order valence-electron chi connectivity index (χ1n) is 11.0. The SMILES string of the molecule is O=c1c(NCCc2cccc(O)c2)c(Nc2ccc3[nH]nc(N4CCCCC4)c3c2)c1=O. The van der Waals surface area contributed by atoms with Gasteiger partial charge in [0.2, 0.25) is 0 Å². The van der Waals surface area contributed by atoms with Gasteiger partial charge in [0, 0.05) is 30.7 Å². The predicted molar refractivity (Wildman–Crippen MR) is 127 cm³/mol. The summed E-state index contributed by atoms with van der Waals surface area (Å²) in [6.07, 6.45) is 4.19. The molecule has 8 nitrogen and oxygen atoms in total. The Morgan fingerprint density at radius 3 is 2.62 bits per heavy atom. The average molecular weight is 431 g/mol. The highest BCUT2D eigenvalue weighted by Crippen LogP contribution is 2.30. The maximum Gasteiger partial charge on any atom is 0.253 e. The fourth-order valence-corrected chi connectivity index (χ4v) is 4.29. The molecule has 0 bridgehead atoms. The van der Waals surface area contributed by atoms with Gasteiger partial charge >= 0.3 is 0 Å². The minimum absolute atomic E-state index is 0.206. The number of phenols is 1. The molecule has 0 aliphatic carbocycles. The summed E-state index contributed by atoms with van der Waals surface area (Å²) >= 11 is 0. The van der Waals surface area contributed by atoms with Crippen LogP contribution in [0.5, 0.6) is 5.75 Å². The van der Waals surface area contributed by atoms with E-state index in [0.717, 1.165) is 53.9 Å². The molecule has 1 fully saturated rings. The van der Waals surface area contributed by atoms with Crippen molar-refractivity contribution in [2.45, 2.75) is 25.7 Å². The van der Waals surface area contributed by atoms with Gasteiger partial charge in [-0.05, 0) is 61.6 Å². The molecule has 5 rings (SSSR count). The number of aromatic amines is 1. The van der Waals surface area contributed by atoms with E-state index in [9.17, 15) is 14.7 Å². The second-order valence-electron chi connectivity index (χ2n) is 8.24. The summed E-state index contributed by atoms with van der Waals surface area (Å²) in [5, 5.41) is 24.4. The number of H-pyrrole nitrogens is 1. The number of piperidine rings is 1. The van der Waals surface area contributed by atoms with Gasteiger partial charge in [0.15, 0.2) is 5.82 Å². The molecule has 0 spiro atoms. The van der Waals surface area contributed by atoms with Gasteiger partial charge in [-0.15, -0.1) is 0 Å². The van der Waals surface area contributed by atoms with Crippen molar-refractivity contribution in [3.8, 4) is 5.75 Å². The molecule has 164 valence electrons. The molecule has 2 heterocycles. The van der Waals surface area contributed by atoms with Gasteiger partial charge in [-0.25, -0.2) is 0 Å². The first-order chi connectivity index (χ1) is 15.6. The molecule has 0 radical (unpaired) electrons. The van der Waals surface area contributed by atoms with Crippen LogP contribution in [0.15, 0.2) is 52.1 Å². The molecule has 32 heavy (non-hydrogen) atoms. The van der Waals surface area contributed by atoms with Gasteiger partial charge in [0.1, 0.15) is 17.1 Å². The normalized spacial score (nSPS) is 14.2. The third-order valence-electron chi connectivity index (χ3n) is 6.00. The summed E-state index contributed by atoms with van der Waals surface area (Å²) in [4.78, 5) is 26.6. The van der Waals surface area contributed by atoms with Crippen LogP contribution in [-0.2, 0) is 6.42 Å².